The van der Waals surface area contributed by atoms with Crippen LogP contribution in [0.4, 0.5) is 11.5 Å². The van der Waals surface area contributed by atoms with Gasteiger partial charge in [0.2, 0.25) is 0 Å². The van der Waals surface area contributed by atoms with Crippen molar-refractivity contribution in [3.63, 3.8) is 0 Å². The molecule has 0 aliphatic carbocycles. The summed E-state index contributed by atoms with van der Waals surface area (Å²) in [6.07, 6.45) is 5.66. The first kappa shape index (κ1) is 13.2. The third-order valence-electron chi connectivity index (χ3n) is 4.39. The highest BCUT2D eigenvalue weighted by Gasteiger charge is 2.30. The van der Waals surface area contributed by atoms with Gasteiger partial charge in [0.05, 0.1) is 16.4 Å². The van der Waals surface area contributed by atoms with E-state index in [4.69, 9.17) is 5.73 Å². The minimum atomic E-state index is 0.703. The summed E-state index contributed by atoms with van der Waals surface area (Å²) in [4.78, 5) is 9.61. The summed E-state index contributed by atoms with van der Waals surface area (Å²) in [6.45, 7) is 6.72. The molecule has 1 aromatic heterocycles. The minimum Gasteiger partial charge on any atom is -0.397 e. The smallest absolute Gasteiger partial charge is 0.143 e. The first-order chi connectivity index (χ1) is 9.16. The molecular formula is C14H21BrN4. The Bertz CT molecular complexity index is 477. The van der Waals surface area contributed by atoms with Crippen LogP contribution in [0.5, 0.6) is 0 Å². The van der Waals surface area contributed by atoms with E-state index < -0.39 is 0 Å². The number of hydrogen-bond acceptors (Lipinski definition) is 4. The minimum absolute atomic E-state index is 0.703. The van der Waals surface area contributed by atoms with Crippen molar-refractivity contribution in [3.8, 4) is 0 Å². The molecule has 2 N–H and O–H groups in total. The van der Waals surface area contributed by atoms with Crippen molar-refractivity contribution in [1.29, 1.82) is 0 Å². The van der Waals surface area contributed by atoms with E-state index in [1.165, 1.54) is 32.4 Å². The first-order valence-corrected chi connectivity index (χ1v) is 7.85. The van der Waals surface area contributed by atoms with Crippen LogP contribution in [0.1, 0.15) is 24.8 Å². The van der Waals surface area contributed by atoms with E-state index in [1.807, 2.05) is 6.92 Å². The number of hydrogen-bond donors (Lipinski definition) is 1. The number of nitrogens with zero attached hydrogens (tertiary/aromatic N) is 3. The van der Waals surface area contributed by atoms with Crippen molar-refractivity contribution in [2.75, 3.05) is 36.8 Å². The van der Waals surface area contributed by atoms with Crippen LogP contribution in [-0.4, -0.2) is 42.1 Å². The van der Waals surface area contributed by atoms with E-state index in [0.717, 1.165) is 34.6 Å². The average Bonchev–Trinajstić information content (AvgIpc) is 2.74. The second-order valence-corrected chi connectivity index (χ2v) is 6.40. The third kappa shape index (κ3) is 2.46. The number of aromatic nitrogens is 1. The van der Waals surface area contributed by atoms with Gasteiger partial charge >= 0.3 is 0 Å². The summed E-state index contributed by atoms with van der Waals surface area (Å²) in [7, 11) is 0. The van der Waals surface area contributed by atoms with Crippen LogP contribution in [0, 0.1) is 6.92 Å². The molecule has 2 saturated heterocycles. The molecule has 3 rings (SSSR count). The summed E-state index contributed by atoms with van der Waals surface area (Å²) in [5.41, 5.74) is 7.77. The first-order valence-electron chi connectivity index (χ1n) is 7.06. The molecule has 1 unspecified atom stereocenters. The molecule has 19 heavy (non-hydrogen) atoms. The summed E-state index contributed by atoms with van der Waals surface area (Å²) in [6, 6.07) is 0.703. The highest BCUT2D eigenvalue weighted by Crippen LogP contribution is 2.32. The molecule has 0 saturated carbocycles. The molecule has 3 heterocycles. The molecule has 2 aliphatic rings. The molecule has 0 bridgehead atoms. The fourth-order valence-corrected chi connectivity index (χ4v) is 3.78. The van der Waals surface area contributed by atoms with Gasteiger partial charge in [0, 0.05) is 25.7 Å². The van der Waals surface area contributed by atoms with Crippen molar-refractivity contribution in [1.82, 2.24) is 9.88 Å². The zero-order valence-electron chi connectivity index (χ0n) is 11.4. The molecule has 0 amide bonds. The molecule has 1 atom stereocenters. The largest absolute Gasteiger partial charge is 0.397 e. The molecule has 2 fully saturated rings. The molecule has 0 radical (unpaired) electrons. The molecule has 2 aliphatic heterocycles. The van der Waals surface area contributed by atoms with Crippen LogP contribution >= 0.6 is 15.9 Å². The van der Waals surface area contributed by atoms with Crippen LogP contribution in [0.3, 0.4) is 0 Å². The molecule has 4 nitrogen and oxygen atoms in total. The van der Waals surface area contributed by atoms with Gasteiger partial charge in [0.15, 0.2) is 0 Å². The molecular weight excluding hydrogens is 304 g/mol. The van der Waals surface area contributed by atoms with Crippen molar-refractivity contribution in [3.05, 3.63) is 16.2 Å². The van der Waals surface area contributed by atoms with Crippen LogP contribution in [-0.2, 0) is 0 Å². The van der Waals surface area contributed by atoms with Gasteiger partial charge in [0.1, 0.15) is 5.82 Å². The fraction of sp³-hybridized carbons (Fsp3) is 0.643. The van der Waals surface area contributed by atoms with E-state index >= 15 is 0 Å². The van der Waals surface area contributed by atoms with Crippen LogP contribution < -0.4 is 10.6 Å². The van der Waals surface area contributed by atoms with Gasteiger partial charge in [0.25, 0.3) is 0 Å². The molecule has 0 aromatic carbocycles. The van der Waals surface area contributed by atoms with Crippen molar-refractivity contribution < 1.29 is 0 Å². The number of rotatable bonds is 1. The topological polar surface area (TPSA) is 45.4 Å². The Hall–Kier alpha value is -0.810. The Morgan fingerprint density at radius 2 is 2.11 bits per heavy atom. The summed E-state index contributed by atoms with van der Waals surface area (Å²) in [5, 5.41) is 0. The second kappa shape index (κ2) is 5.29. The number of fused-ring (bicyclic) bond motifs is 1. The van der Waals surface area contributed by atoms with E-state index in [-0.39, 0.29) is 0 Å². The lowest BCUT2D eigenvalue weighted by Gasteiger charge is -2.27. The maximum atomic E-state index is 5.92. The third-order valence-corrected chi connectivity index (χ3v) is 5.34. The highest BCUT2D eigenvalue weighted by molar-refractivity contribution is 9.10. The molecule has 0 spiro atoms. The predicted octanol–water partition coefficient (Wildman–Crippen LogP) is 2.41. The zero-order valence-corrected chi connectivity index (χ0v) is 13.0. The lowest BCUT2D eigenvalue weighted by Crippen LogP contribution is -2.37. The Kier molecular flexibility index (Phi) is 3.67. The normalized spacial score (nSPS) is 24.3. The zero-order chi connectivity index (χ0) is 13.4. The average molecular weight is 325 g/mol. The quantitative estimate of drug-likeness (QED) is 0.861. The number of nitrogen functional groups attached to an aromatic ring is 1. The van der Waals surface area contributed by atoms with Gasteiger partial charge in [-0.2, -0.15) is 0 Å². The van der Waals surface area contributed by atoms with Crippen molar-refractivity contribution in [2.45, 2.75) is 32.2 Å². The van der Waals surface area contributed by atoms with Gasteiger partial charge in [-0.1, -0.05) is 0 Å². The van der Waals surface area contributed by atoms with Gasteiger partial charge in [-0.25, -0.2) is 4.98 Å². The van der Waals surface area contributed by atoms with Crippen molar-refractivity contribution >= 4 is 27.4 Å². The maximum absolute atomic E-state index is 5.92. The number of pyridine rings is 1. The van der Waals surface area contributed by atoms with E-state index in [0.29, 0.717) is 6.04 Å². The Labute approximate surface area is 123 Å². The van der Waals surface area contributed by atoms with E-state index in [9.17, 15) is 0 Å². The monoisotopic (exact) mass is 324 g/mol. The Morgan fingerprint density at radius 3 is 2.95 bits per heavy atom. The summed E-state index contributed by atoms with van der Waals surface area (Å²) < 4.78 is 1.05. The predicted molar refractivity (Wildman–Crippen MR) is 82.5 cm³/mol. The number of halogens is 1. The van der Waals surface area contributed by atoms with Crippen LogP contribution in [0.25, 0.3) is 0 Å². The van der Waals surface area contributed by atoms with Gasteiger partial charge in [-0.05, 0) is 54.2 Å². The SMILES string of the molecule is Cc1c(N)cnc(N2CCCN3CCCC3C2)c1Br. The van der Waals surface area contributed by atoms with E-state index in [1.54, 1.807) is 6.20 Å². The Balaban J connectivity index is 1.87. The van der Waals surface area contributed by atoms with Crippen molar-refractivity contribution in [2.24, 2.45) is 0 Å². The number of nitrogens with two attached hydrogens (primary N) is 1. The fourth-order valence-electron chi connectivity index (χ4n) is 3.20. The van der Waals surface area contributed by atoms with Gasteiger partial charge < -0.3 is 10.6 Å². The van der Waals surface area contributed by atoms with Gasteiger partial charge in [-0.15, -0.1) is 0 Å². The lowest BCUT2D eigenvalue weighted by molar-refractivity contribution is 0.273. The number of anilines is 2. The molecule has 104 valence electrons. The van der Waals surface area contributed by atoms with Crippen LogP contribution in [0.2, 0.25) is 0 Å². The molecule has 1 aromatic rings. The van der Waals surface area contributed by atoms with E-state index in [2.05, 4.69) is 30.7 Å². The maximum Gasteiger partial charge on any atom is 0.143 e. The summed E-state index contributed by atoms with van der Waals surface area (Å²) in [5.74, 6) is 1.06. The Morgan fingerprint density at radius 1 is 1.32 bits per heavy atom. The summed E-state index contributed by atoms with van der Waals surface area (Å²) >= 11 is 3.67. The van der Waals surface area contributed by atoms with Gasteiger partial charge in [-0.3, -0.25) is 4.90 Å². The molecule has 5 heteroatoms. The standard InChI is InChI=1S/C14H21BrN4/c1-10-12(16)8-17-14(13(10)15)19-7-3-6-18-5-2-4-11(18)9-19/h8,11H,2-7,9,16H2,1H3. The second-order valence-electron chi connectivity index (χ2n) is 5.61. The highest BCUT2D eigenvalue weighted by atomic mass is 79.9. The lowest BCUT2D eigenvalue weighted by atomic mass is 10.2. The van der Waals surface area contributed by atoms with Crippen LogP contribution in [0.15, 0.2) is 10.7 Å².